The Balaban J connectivity index is 1.58. The molecule has 25 heavy (non-hydrogen) atoms. The Bertz CT molecular complexity index is 798. The van der Waals surface area contributed by atoms with Gasteiger partial charge in [0.25, 0.3) is 0 Å². The summed E-state index contributed by atoms with van der Waals surface area (Å²) in [6.07, 6.45) is 0.699. The number of carbonyl (C=O) groups excluding carboxylic acids is 1. The molecule has 1 unspecified atom stereocenters. The molecule has 2 aromatic carbocycles. The molecule has 0 fully saturated rings. The zero-order chi connectivity index (χ0) is 17.8. The fourth-order valence-corrected chi connectivity index (χ4v) is 2.67. The Hall–Kier alpha value is -3.02. The van der Waals surface area contributed by atoms with Crippen LogP contribution in [0, 0.1) is 5.92 Å². The molecule has 6 nitrogen and oxygen atoms in total. The Morgan fingerprint density at radius 1 is 1.12 bits per heavy atom. The van der Waals surface area contributed by atoms with Crippen molar-refractivity contribution in [1.29, 1.82) is 0 Å². The first-order valence-corrected chi connectivity index (χ1v) is 7.92. The second kappa shape index (κ2) is 7.25. The first kappa shape index (κ1) is 16.8. The lowest BCUT2D eigenvalue weighted by Gasteiger charge is -2.13. The van der Waals surface area contributed by atoms with E-state index in [0.29, 0.717) is 6.42 Å². The highest BCUT2D eigenvalue weighted by atomic mass is 16.7. The van der Waals surface area contributed by atoms with Crippen LogP contribution in [0.25, 0.3) is 0 Å². The predicted molar refractivity (Wildman–Crippen MR) is 89.1 cm³/mol. The van der Waals surface area contributed by atoms with Crippen LogP contribution < -0.4 is 9.47 Å². The van der Waals surface area contributed by atoms with E-state index in [4.69, 9.17) is 19.3 Å². The number of fused-ring (bicyclic) bond motifs is 1. The average Bonchev–Trinajstić information content (AvgIpc) is 3.07. The standard InChI is InChI=1S/C19H18O6/c1-12(8-13-6-7-16-17(9-13)25-11-24-16)10-23-19(22)15-5-3-2-4-14(15)18(20)21/h2-7,9,12H,8,10-11H2,1H3,(H,20,21). The van der Waals surface area contributed by atoms with Crippen LogP contribution in [0.1, 0.15) is 33.2 Å². The van der Waals surface area contributed by atoms with Crippen LogP contribution in [0.2, 0.25) is 0 Å². The van der Waals surface area contributed by atoms with Gasteiger partial charge in [-0.25, -0.2) is 9.59 Å². The summed E-state index contributed by atoms with van der Waals surface area (Å²) >= 11 is 0. The number of carboxylic acids is 1. The maximum Gasteiger partial charge on any atom is 0.339 e. The summed E-state index contributed by atoms with van der Waals surface area (Å²) < 4.78 is 15.9. The molecular formula is C19H18O6. The zero-order valence-electron chi connectivity index (χ0n) is 13.7. The van der Waals surface area contributed by atoms with Crippen molar-refractivity contribution in [2.75, 3.05) is 13.4 Å². The first-order valence-electron chi connectivity index (χ1n) is 7.92. The molecule has 1 aliphatic rings. The molecule has 0 aliphatic carbocycles. The van der Waals surface area contributed by atoms with E-state index in [1.165, 1.54) is 12.1 Å². The predicted octanol–water partition coefficient (Wildman–Crippen LogP) is 3.15. The molecule has 0 amide bonds. The summed E-state index contributed by atoms with van der Waals surface area (Å²) in [6, 6.07) is 11.7. The smallest absolute Gasteiger partial charge is 0.339 e. The molecule has 1 aliphatic heterocycles. The maximum atomic E-state index is 12.2. The molecule has 6 heteroatoms. The fraction of sp³-hybridized carbons (Fsp3) is 0.263. The average molecular weight is 342 g/mol. The quantitative estimate of drug-likeness (QED) is 0.812. The molecule has 1 heterocycles. The van der Waals surface area contributed by atoms with Gasteiger partial charge in [0.2, 0.25) is 6.79 Å². The maximum absolute atomic E-state index is 12.2. The van der Waals surface area contributed by atoms with Gasteiger partial charge in [-0.05, 0) is 42.2 Å². The Morgan fingerprint density at radius 3 is 2.60 bits per heavy atom. The van der Waals surface area contributed by atoms with E-state index in [2.05, 4.69) is 0 Å². The normalized spacial score (nSPS) is 13.3. The summed E-state index contributed by atoms with van der Waals surface area (Å²) in [5, 5.41) is 9.13. The fourth-order valence-electron chi connectivity index (χ4n) is 2.67. The SMILES string of the molecule is CC(COC(=O)c1ccccc1C(=O)O)Cc1ccc2c(c1)OCO2. The number of aromatic carboxylic acids is 1. The highest BCUT2D eigenvalue weighted by molar-refractivity contribution is 6.02. The highest BCUT2D eigenvalue weighted by Crippen LogP contribution is 2.33. The second-order valence-electron chi connectivity index (χ2n) is 5.95. The number of rotatable bonds is 6. The van der Waals surface area contributed by atoms with Gasteiger partial charge in [0.1, 0.15) is 0 Å². The Morgan fingerprint density at radius 2 is 1.84 bits per heavy atom. The number of carbonyl (C=O) groups is 2. The van der Waals surface area contributed by atoms with Gasteiger partial charge < -0.3 is 19.3 Å². The molecule has 0 bridgehead atoms. The zero-order valence-corrected chi connectivity index (χ0v) is 13.7. The summed E-state index contributed by atoms with van der Waals surface area (Å²) in [6.45, 7) is 2.39. The van der Waals surface area contributed by atoms with Crippen molar-refractivity contribution in [2.24, 2.45) is 5.92 Å². The lowest BCUT2D eigenvalue weighted by molar-refractivity contribution is 0.0441. The number of ether oxygens (including phenoxy) is 3. The molecule has 0 radical (unpaired) electrons. The van der Waals surface area contributed by atoms with Crippen molar-refractivity contribution >= 4 is 11.9 Å². The van der Waals surface area contributed by atoms with Crippen molar-refractivity contribution in [1.82, 2.24) is 0 Å². The van der Waals surface area contributed by atoms with Crippen molar-refractivity contribution in [3.05, 3.63) is 59.2 Å². The lowest BCUT2D eigenvalue weighted by Crippen LogP contribution is -2.16. The van der Waals surface area contributed by atoms with E-state index in [9.17, 15) is 9.59 Å². The van der Waals surface area contributed by atoms with Gasteiger partial charge in [0.15, 0.2) is 11.5 Å². The minimum absolute atomic E-state index is 0.0593. The van der Waals surface area contributed by atoms with Gasteiger partial charge in [-0.2, -0.15) is 0 Å². The van der Waals surface area contributed by atoms with Crippen molar-refractivity contribution in [2.45, 2.75) is 13.3 Å². The lowest BCUT2D eigenvalue weighted by atomic mass is 10.0. The molecule has 0 aromatic heterocycles. The largest absolute Gasteiger partial charge is 0.478 e. The number of hydrogen-bond acceptors (Lipinski definition) is 5. The molecule has 0 saturated carbocycles. The Labute approximate surface area is 144 Å². The van der Waals surface area contributed by atoms with Gasteiger partial charge in [-0.15, -0.1) is 0 Å². The molecule has 2 aromatic rings. The van der Waals surface area contributed by atoms with Crippen LogP contribution in [0.15, 0.2) is 42.5 Å². The summed E-state index contributed by atoms with van der Waals surface area (Å²) in [7, 11) is 0. The third kappa shape index (κ3) is 3.91. The van der Waals surface area contributed by atoms with Gasteiger partial charge >= 0.3 is 11.9 Å². The summed E-state index contributed by atoms with van der Waals surface area (Å²) in [5.74, 6) is -0.261. The van der Waals surface area contributed by atoms with Crippen molar-refractivity contribution in [3.8, 4) is 11.5 Å². The van der Waals surface area contributed by atoms with Crippen molar-refractivity contribution in [3.63, 3.8) is 0 Å². The third-order valence-electron chi connectivity index (χ3n) is 3.90. The van der Waals surface area contributed by atoms with E-state index < -0.39 is 11.9 Å². The van der Waals surface area contributed by atoms with E-state index in [1.807, 2.05) is 25.1 Å². The first-order chi connectivity index (χ1) is 12.0. The van der Waals surface area contributed by atoms with E-state index in [0.717, 1.165) is 17.1 Å². The topological polar surface area (TPSA) is 82.1 Å². The summed E-state index contributed by atoms with van der Waals surface area (Å²) in [5.41, 5.74) is 1.06. The molecule has 3 rings (SSSR count). The highest BCUT2D eigenvalue weighted by Gasteiger charge is 2.18. The van der Waals surface area contributed by atoms with Crippen LogP contribution in [-0.2, 0) is 11.2 Å². The summed E-state index contributed by atoms with van der Waals surface area (Å²) in [4.78, 5) is 23.3. The molecule has 0 spiro atoms. The van der Waals surface area contributed by atoms with Gasteiger partial charge in [0, 0.05) is 0 Å². The van der Waals surface area contributed by atoms with Crippen LogP contribution in [0.3, 0.4) is 0 Å². The molecule has 0 saturated heterocycles. The second-order valence-corrected chi connectivity index (χ2v) is 5.95. The van der Waals surface area contributed by atoms with Crippen molar-refractivity contribution < 1.29 is 28.9 Å². The molecule has 1 N–H and O–H groups in total. The van der Waals surface area contributed by atoms with Crippen LogP contribution in [-0.4, -0.2) is 30.4 Å². The van der Waals surface area contributed by atoms with E-state index in [-0.39, 0.29) is 30.4 Å². The van der Waals surface area contributed by atoms with Gasteiger partial charge in [-0.1, -0.05) is 25.1 Å². The monoisotopic (exact) mass is 342 g/mol. The van der Waals surface area contributed by atoms with E-state index >= 15 is 0 Å². The molecular weight excluding hydrogens is 324 g/mol. The molecule has 1 atom stereocenters. The van der Waals surface area contributed by atoms with E-state index in [1.54, 1.807) is 12.1 Å². The van der Waals surface area contributed by atoms with Crippen LogP contribution >= 0.6 is 0 Å². The van der Waals surface area contributed by atoms with Crippen LogP contribution in [0.5, 0.6) is 11.5 Å². The minimum atomic E-state index is -1.15. The number of hydrogen-bond donors (Lipinski definition) is 1. The number of carboxylic acid groups (broad SMARTS) is 1. The number of benzene rings is 2. The minimum Gasteiger partial charge on any atom is -0.478 e. The van der Waals surface area contributed by atoms with Crippen LogP contribution in [0.4, 0.5) is 0 Å². The Kier molecular flexibility index (Phi) is 4.88. The van der Waals surface area contributed by atoms with Gasteiger partial charge in [-0.3, -0.25) is 0 Å². The third-order valence-corrected chi connectivity index (χ3v) is 3.90. The number of esters is 1. The molecule has 130 valence electrons. The van der Waals surface area contributed by atoms with Gasteiger partial charge in [0.05, 0.1) is 17.7 Å².